The summed E-state index contributed by atoms with van der Waals surface area (Å²) in [6.07, 6.45) is 1.30. The van der Waals surface area contributed by atoms with Gasteiger partial charge in [-0.1, -0.05) is 30.3 Å². The van der Waals surface area contributed by atoms with Crippen molar-refractivity contribution in [1.82, 2.24) is 0 Å². The zero-order chi connectivity index (χ0) is 10.9. The molecular formula is C13H16O2. The average Bonchev–Trinajstić information content (AvgIpc) is 2.48. The Hall–Kier alpha value is -1.15. The minimum Gasteiger partial charge on any atom is -0.392 e. The van der Waals surface area contributed by atoms with Crippen LogP contribution in [0.4, 0.5) is 0 Å². The Labute approximate surface area is 89.9 Å². The number of aliphatic hydroxyl groups excluding tert-OH is 1. The van der Waals surface area contributed by atoms with Crippen molar-refractivity contribution >= 4 is 5.78 Å². The molecule has 1 aliphatic rings. The summed E-state index contributed by atoms with van der Waals surface area (Å²) in [6.45, 7) is 1.88. The second kappa shape index (κ2) is 3.78. The molecule has 80 valence electrons. The van der Waals surface area contributed by atoms with Crippen LogP contribution in [0.1, 0.15) is 25.3 Å². The number of aliphatic hydroxyl groups is 1. The van der Waals surface area contributed by atoms with Crippen LogP contribution in [0.2, 0.25) is 0 Å². The molecule has 1 aromatic rings. The van der Waals surface area contributed by atoms with Crippen molar-refractivity contribution in [3.63, 3.8) is 0 Å². The molecule has 0 unspecified atom stereocenters. The van der Waals surface area contributed by atoms with Gasteiger partial charge in [-0.25, -0.2) is 0 Å². The molecule has 0 saturated heterocycles. The SMILES string of the molecule is C[C@@]1(Cc2ccccc2)C(=O)CC[C@H]1O. The average molecular weight is 204 g/mol. The Balaban J connectivity index is 2.21. The summed E-state index contributed by atoms with van der Waals surface area (Å²) in [4.78, 5) is 11.8. The molecule has 15 heavy (non-hydrogen) atoms. The molecule has 1 aromatic carbocycles. The lowest BCUT2D eigenvalue weighted by molar-refractivity contribution is -0.128. The molecule has 0 heterocycles. The molecule has 0 amide bonds. The second-order valence-electron chi connectivity index (χ2n) is 4.56. The first-order valence-electron chi connectivity index (χ1n) is 5.38. The highest BCUT2D eigenvalue weighted by Crippen LogP contribution is 2.37. The van der Waals surface area contributed by atoms with Crippen LogP contribution in [0.5, 0.6) is 0 Å². The first kappa shape index (κ1) is 10.4. The number of carbonyl (C=O) groups excluding carboxylic acids is 1. The first-order chi connectivity index (χ1) is 7.13. The van der Waals surface area contributed by atoms with E-state index in [0.717, 1.165) is 5.56 Å². The van der Waals surface area contributed by atoms with Gasteiger partial charge in [-0.3, -0.25) is 4.79 Å². The highest BCUT2D eigenvalue weighted by atomic mass is 16.3. The largest absolute Gasteiger partial charge is 0.392 e. The standard InChI is InChI=1S/C13H16O2/c1-13(11(14)7-8-12(13)15)9-10-5-3-2-4-6-10/h2-6,11,14H,7-9H2,1H3/t11-,13+/m1/s1. The van der Waals surface area contributed by atoms with Gasteiger partial charge in [0.15, 0.2) is 0 Å². The topological polar surface area (TPSA) is 37.3 Å². The lowest BCUT2D eigenvalue weighted by Gasteiger charge is -2.26. The van der Waals surface area contributed by atoms with Gasteiger partial charge in [0, 0.05) is 6.42 Å². The third-order valence-electron chi connectivity index (χ3n) is 3.43. The number of hydrogen-bond acceptors (Lipinski definition) is 2. The quantitative estimate of drug-likeness (QED) is 0.799. The lowest BCUT2D eigenvalue weighted by atomic mass is 9.79. The molecule has 1 N–H and O–H groups in total. The van der Waals surface area contributed by atoms with E-state index in [1.165, 1.54) is 0 Å². The summed E-state index contributed by atoms with van der Waals surface area (Å²) < 4.78 is 0. The number of ketones is 1. The molecule has 1 aliphatic carbocycles. The molecule has 0 aliphatic heterocycles. The number of benzene rings is 1. The molecule has 2 heteroatoms. The predicted octanol–water partition coefficient (Wildman–Crippen LogP) is 1.96. The van der Waals surface area contributed by atoms with Crippen molar-refractivity contribution < 1.29 is 9.90 Å². The number of hydrogen-bond donors (Lipinski definition) is 1. The Morgan fingerprint density at radius 2 is 2.07 bits per heavy atom. The van der Waals surface area contributed by atoms with E-state index in [1.807, 2.05) is 37.3 Å². The van der Waals surface area contributed by atoms with Crippen LogP contribution in [-0.2, 0) is 11.2 Å². The van der Waals surface area contributed by atoms with Crippen molar-refractivity contribution in [3.05, 3.63) is 35.9 Å². The molecule has 2 nitrogen and oxygen atoms in total. The van der Waals surface area contributed by atoms with Crippen LogP contribution in [0, 0.1) is 5.41 Å². The van der Waals surface area contributed by atoms with E-state index < -0.39 is 11.5 Å². The van der Waals surface area contributed by atoms with Crippen molar-refractivity contribution in [1.29, 1.82) is 0 Å². The third kappa shape index (κ3) is 1.82. The summed E-state index contributed by atoms with van der Waals surface area (Å²) in [5.41, 5.74) is 0.552. The summed E-state index contributed by atoms with van der Waals surface area (Å²) in [5.74, 6) is 0.193. The van der Waals surface area contributed by atoms with Crippen molar-refractivity contribution in [2.24, 2.45) is 5.41 Å². The fourth-order valence-corrected chi connectivity index (χ4v) is 2.29. The molecule has 2 atom stereocenters. The molecule has 0 bridgehead atoms. The van der Waals surface area contributed by atoms with E-state index in [9.17, 15) is 9.90 Å². The van der Waals surface area contributed by atoms with Gasteiger partial charge in [0.25, 0.3) is 0 Å². The maximum Gasteiger partial charge on any atom is 0.141 e. The lowest BCUT2D eigenvalue weighted by Crippen LogP contribution is -2.35. The van der Waals surface area contributed by atoms with E-state index in [1.54, 1.807) is 0 Å². The maximum atomic E-state index is 11.8. The normalized spacial score (nSPS) is 30.8. The molecule has 0 radical (unpaired) electrons. The molecule has 1 fully saturated rings. The van der Waals surface area contributed by atoms with Crippen LogP contribution in [0.25, 0.3) is 0 Å². The summed E-state index contributed by atoms with van der Waals surface area (Å²) >= 11 is 0. The Kier molecular flexibility index (Phi) is 2.61. The zero-order valence-electron chi connectivity index (χ0n) is 8.94. The number of carbonyl (C=O) groups is 1. The molecular weight excluding hydrogens is 188 g/mol. The van der Waals surface area contributed by atoms with Crippen LogP contribution in [0.3, 0.4) is 0 Å². The molecule has 0 aromatic heterocycles. The van der Waals surface area contributed by atoms with Gasteiger partial charge in [-0.05, 0) is 25.3 Å². The van der Waals surface area contributed by atoms with Crippen LogP contribution in [-0.4, -0.2) is 17.0 Å². The third-order valence-corrected chi connectivity index (χ3v) is 3.43. The van der Waals surface area contributed by atoms with Crippen LogP contribution < -0.4 is 0 Å². The van der Waals surface area contributed by atoms with E-state index in [4.69, 9.17) is 0 Å². The van der Waals surface area contributed by atoms with E-state index in [0.29, 0.717) is 19.3 Å². The predicted molar refractivity (Wildman–Crippen MR) is 58.5 cm³/mol. The van der Waals surface area contributed by atoms with Gasteiger partial charge in [0.2, 0.25) is 0 Å². The van der Waals surface area contributed by atoms with Gasteiger partial charge in [-0.15, -0.1) is 0 Å². The Morgan fingerprint density at radius 3 is 2.60 bits per heavy atom. The minimum atomic E-state index is -0.568. The summed E-state index contributed by atoms with van der Waals surface area (Å²) in [6, 6.07) is 9.89. The van der Waals surface area contributed by atoms with Gasteiger partial charge in [0.05, 0.1) is 11.5 Å². The van der Waals surface area contributed by atoms with E-state index >= 15 is 0 Å². The highest BCUT2D eigenvalue weighted by Gasteiger charge is 2.44. The number of rotatable bonds is 2. The fraction of sp³-hybridized carbons (Fsp3) is 0.462. The van der Waals surface area contributed by atoms with Crippen LogP contribution >= 0.6 is 0 Å². The van der Waals surface area contributed by atoms with Crippen molar-refractivity contribution in [3.8, 4) is 0 Å². The molecule has 2 rings (SSSR count). The monoisotopic (exact) mass is 204 g/mol. The van der Waals surface area contributed by atoms with Crippen LogP contribution in [0.15, 0.2) is 30.3 Å². The van der Waals surface area contributed by atoms with E-state index in [-0.39, 0.29) is 5.78 Å². The van der Waals surface area contributed by atoms with Gasteiger partial charge < -0.3 is 5.11 Å². The van der Waals surface area contributed by atoms with Crippen molar-refractivity contribution in [2.75, 3.05) is 0 Å². The number of Topliss-reactive ketones (excluding diaryl/α,β-unsaturated/α-hetero) is 1. The van der Waals surface area contributed by atoms with Gasteiger partial charge >= 0.3 is 0 Å². The first-order valence-corrected chi connectivity index (χ1v) is 5.38. The van der Waals surface area contributed by atoms with Crippen molar-refractivity contribution in [2.45, 2.75) is 32.3 Å². The molecule has 0 spiro atoms. The van der Waals surface area contributed by atoms with E-state index in [2.05, 4.69) is 0 Å². The fourth-order valence-electron chi connectivity index (χ4n) is 2.29. The highest BCUT2D eigenvalue weighted by molar-refractivity contribution is 5.87. The molecule has 1 saturated carbocycles. The minimum absolute atomic E-state index is 0.193. The Morgan fingerprint density at radius 1 is 1.40 bits per heavy atom. The zero-order valence-corrected chi connectivity index (χ0v) is 8.94. The Bertz CT molecular complexity index is 358. The van der Waals surface area contributed by atoms with Gasteiger partial charge in [-0.2, -0.15) is 0 Å². The maximum absolute atomic E-state index is 11.8. The summed E-state index contributed by atoms with van der Waals surface area (Å²) in [7, 11) is 0. The smallest absolute Gasteiger partial charge is 0.141 e. The van der Waals surface area contributed by atoms with Gasteiger partial charge in [0.1, 0.15) is 5.78 Å². The second-order valence-corrected chi connectivity index (χ2v) is 4.56. The summed E-state index contributed by atoms with van der Waals surface area (Å²) in [5, 5.41) is 9.86.